The highest BCUT2D eigenvalue weighted by Gasteiger charge is 2.28. The summed E-state index contributed by atoms with van der Waals surface area (Å²) in [5.41, 5.74) is 1.03. The number of ketones is 1. The van der Waals surface area contributed by atoms with Crippen LogP contribution in [0.5, 0.6) is 11.5 Å². The van der Waals surface area contributed by atoms with Crippen LogP contribution < -0.4 is 9.47 Å². The van der Waals surface area contributed by atoms with Gasteiger partial charge in [0.05, 0.1) is 5.56 Å². The van der Waals surface area contributed by atoms with Crippen molar-refractivity contribution >= 4 is 18.0 Å². The summed E-state index contributed by atoms with van der Waals surface area (Å²) in [6.45, 7) is 0. The average Bonchev–Trinajstić information content (AvgIpc) is 2.85. The Labute approximate surface area is 137 Å². The number of allylic oxidation sites excluding steroid dienone is 1. The van der Waals surface area contributed by atoms with E-state index in [9.17, 15) is 14.0 Å². The van der Waals surface area contributed by atoms with E-state index in [2.05, 4.69) is 0 Å². The smallest absolute Gasteiger partial charge is 0.414 e. The van der Waals surface area contributed by atoms with Crippen LogP contribution in [0.1, 0.15) is 15.9 Å². The van der Waals surface area contributed by atoms with Crippen molar-refractivity contribution in [2.45, 2.75) is 0 Å². The number of amides is 1. The first-order valence-electron chi connectivity index (χ1n) is 7.17. The lowest BCUT2D eigenvalue weighted by Gasteiger charge is -2.10. The Morgan fingerprint density at radius 1 is 1.17 bits per heavy atom. The third-order valence-corrected chi connectivity index (χ3v) is 3.38. The van der Waals surface area contributed by atoms with Gasteiger partial charge in [0.15, 0.2) is 5.76 Å². The Morgan fingerprint density at radius 3 is 2.54 bits per heavy atom. The van der Waals surface area contributed by atoms with E-state index in [1.165, 1.54) is 35.2 Å². The van der Waals surface area contributed by atoms with E-state index in [0.29, 0.717) is 16.9 Å². The Hall–Kier alpha value is -3.15. The Morgan fingerprint density at radius 2 is 1.88 bits per heavy atom. The highest BCUT2D eigenvalue weighted by atomic mass is 19.1. The lowest BCUT2D eigenvalue weighted by atomic mass is 10.1. The predicted molar refractivity (Wildman–Crippen MR) is 85.5 cm³/mol. The summed E-state index contributed by atoms with van der Waals surface area (Å²) in [4.78, 5) is 25.2. The van der Waals surface area contributed by atoms with Gasteiger partial charge in [-0.05, 0) is 35.9 Å². The molecule has 0 saturated carbocycles. The fourth-order valence-electron chi connectivity index (χ4n) is 2.13. The van der Waals surface area contributed by atoms with Crippen molar-refractivity contribution < 1.29 is 23.5 Å². The summed E-state index contributed by atoms with van der Waals surface area (Å²) in [7, 11) is 3.14. The number of hydrogen-bond acceptors (Lipinski definition) is 4. The van der Waals surface area contributed by atoms with E-state index < -0.39 is 6.09 Å². The summed E-state index contributed by atoms with van der Waals surface area (Å²) in [6, 6.07) is 10.3. The van der Waals surface area contributed by atoms with Crippen molar-refractivity contribution in [3.8, 4) is 11.5 Å². The van der Waals surface area contributed by atoms with Gasteiger partial charge in [-0.3, -0.25) is 4.79 Å². The van der Waals surface area contributed by atoms with Crippen molar-refractivity contribution in [2.75, 3.05) is 14.1 Å². The molecule has 0 aliphatic carbocycles. The molecule has 0 spiro atoms. The molecule has 1 aliphatic rings. The number of nitrogens with zero attached hydrogens (tertiary/aromatic N) is 1. The van der Waals surface area contributed by atoms with Crippen molar-refractivity contribution in [1.29, 1.82) is 0 Å². The fraction of sp³-hybridized carbons (Fsp3) is 0.111. The molecule has 0 fully saturated rings. The molecule has 0 unspecified atom stereocenters. The van der Waals surface area contributed by atoms with Gasteiger partial charge in [-0.1, -0.05) is 12.1 Å². The number of fused-ring (bicyclic) bond motifs is 1. The Kier molecular flexibility index (Phi) is 4.04. The predicted octanol–water partition coefficient (Wildman–Crippen LogP) is 3.50. The van der Waals surface area contributed by atoms with Gasteiger partial charge in [0.2, 0.25) is 5.78 Å². The summed E-state index contributed by atoms with van der Waals surface area (Å²) in [6.07, 6.45) is 1.01. The molecule has 1 amide bonds. The highest BCUT2D eigenvalue weighted by Crippen LogP contribution is 2.35. The third-order valence-electron chi connectivity index (χ3n) is 3.38. The van der Waals surface area contributed by atoms with Crippen LogP contribution in [0.3, 0.4) is 0 Å². The van der Waals surface area contributed by atoms with Crippen LogP contribution in [0.15, 0.2) is 48.2 Å². The standard InChI is InChI=1S/C18H14FNO4/c1-20(2)18(22)23-13-7-8-14-15(10-13)24-16(17(14)21)9-11-3-5-12(19)6-4-11/h3-10H,1-2H3. The first kappa shape index (κ1) is 15.7. The van der Waals surface area contributed by atoms with Gasteiger partial charge in [-0.25, -0.2) is 9.18 Å². The zero-order valence-electron chi connectivity index (χ0n) is 13.1. The molecule has 5 nitrogen and oxygen atoms in total. The van der Waals surface area contributed by atoms with Crippen LogP contribution in [0.4, 0.5) is 9.18 Å². The van der Waals surface area contributed by atoms with Crippen LogP contribution in [0.25, 0.3) is 6.08 Å². The lowest BCUT2D eigenvalue weighted by molar-refractivity contribution is 0.101. The summed E-state index contributed by atoms with van der Waals surface area (Å²) in [5.74, 6) is 0.0969. The zero-order valence-corrected chi connectivity index (χ0v) is 13.1. The monoisotopic (exact) mass is 327 g/mol. The molecule has 0 aromatic heterocycles. The normalized spacial score (nSPS) is 14.3. The number of rotatable bonds is 2. The number of carbonyl (C=O) groups is 2. The first-order chi connectivity index (χ1) is 11.4. The quantitative estimate of drug-likeness (QED) is 0.792. The second-order valence-electron chi connectivity index (χ2n) is 5.41. The van der Waals surface area contributed by atoms with Gasteiger partial charge < -0.3 is 14.4 Å². The molecular weight excluding hydrogens is 313 g/mol. The van der Waals surface area contributed by atoms with Crippen molar-refractivity contribution in [3.63, 3.8) is 0 Å². The second kappa shape index (κ2) is 6.16. The van der Waals surface area contributed by atoms with E-state index in [4.69, 9.17) is 9.47 Å². The highest BCUT2D eigenvalue weighted by molar-refractivity contribution is 6.14. The molecule has 0 atom stereocenters. The van der Waals surface area contributed by atoms with Gasteiger partial charge in [0.25, 0.3) is 0 Å². The Bertz CT molecular complexity index is 841. The van der Waals surface area contributed by atoms with Gasteiger partial charge >= 0.3 is 6.09 Å². The number of carbonyl (C=O) groups excluding carboxylic acids is 2. The van der Waals surface area contributed by atoms with Crippen molar-refractivity contribution in [3.05, 3.63) is 65.2 Å². The molecule has 0 saturated heterocycles. The average molecular weight is 327 g/mol. The molecule has 1 aliphatic heterocycles. The summed E-state index contributed by atoms with van der Waals surface area (Å²) in [5, 5.41) is 0. The number of benzene rings is 2. The third kappa shape index (κ3) is 3.12. The minimum absolute atomic E-state index is 0.132. The van der Waals surface area contributed by atoms with Crippen LogP contribution in [0.2, 0.25) is 0 Å². The van der Waals surface area contributed by atoms with Gasteiger partial charge in [0.1, 0.15) is 17.3 Å². The molecule has 0 radical (unpaired) electrons. The lowest BCUT2D eigenvalue weighted by Crippen LogP contribution is -2.25. The fourth-order valence-corrected chi connectivity index (χ4v) is 2.13. The topological polar surface area (TPSA) is 55.8 Å². The molecule has 0 bridgehead atoms. The molecule has 1 heterocycles. The summed E-state index contributed by atoms with van der Waals surface area (Å²) < 4.78 is 23.6. The number of Topliss-reactive ketones (excluding diaryl/α,β-unsaturated/α-hetero) is 1. The minimum Gasteiger partial charge on any atom is -0.452 e. The van der Waals surface area contributed by atoms with Crippen molar-refractivity contribution in [1.82, 2.24) is 4.90 Å². The molecule has 24 heavy (non-hydrogen) atoms. The number of halogens is 1. The first-order valence-corrected chi connectivity index (χ1v) is 7.17. The van der Waals surface area contributed by atoms with E-state index >= 15 is 0 Å². The van der Waals surface area contributed by atoms with E-state index in [0.717, 1.165) is 0 Å². The van der Waals surface area contributed by atoms with Crippen molar-refractivity contribution in [2.24, 2.45) is 0 Å². The molecule has 6 heteroatoms. The maximum atomic E-state index is 12.9. The zero-order chi connectivity index (χ0) is 17.3. The maximum Gasteiger partial charge on any atom is 0.414 e. The van der Waals surface area contributed by atoms with E-state index in [1.807, 2.05) is 0 Å². The van der Waals surface area contributed by atoms with Gasteiger partial charge in [-0.15, -0.1) is 0 Å². The van der Waals surface area contributed by atoms with Gasteiger partial charge in [0, 0.05) is 20.2 Å². The number of ether oxygens (including phenoxy) is 2. The molecule has 3 rings (SSSR count). The molecule has 2 aromatic carbocycles. The molecule has 122 valence electrons. The SMILES string of the molecule is CN(C)C(=O)Oc1ccc2c(c1)OC(=Cc1ccc(F)cc1)C2=O. The Balaban J connectivity index is 1.84. The number of hydrogen-bond donors (Lipinski definition) is 0. The van der Waals surface area contributed by atoms with Crippen LogP contribution in [-0.2, 0) is 0 Å². The molecule has 0 N–H and O–H groups in total. The van der Waals surface area contributed by atoms with Gasteiger partial charge in [-0.2, -0.15) is 0 Å². The van der Waals surface area contributed by atoms with Crippen LogP contribution in [-0.4, -0.2) is 30.9 Å². The maximum absolute atomic E-state index is 12.9. The van der Waals surface area contributed by atoms with Crippen LogP contribution in [0, 0.1) is 5.82 Å². The molecular formula is C18H14FNO4. The largest absolute Gasteiger partial charge is 0.452 e. The van der Waals surface area contributed by atoms with E-state index in [1.54, 1.807) is 32.3 Å². The van der Waals surface area contributed by atoms with Crippen LogP contribution >= 0.6 is 0 Å². The van der Waals surface area contributed by atoms with E-state index in [-0.39, 0.29) is 23.1 Å². The summed E-state index contributed by atoms with van der Waals surface area (Å²) >= 11 is 0. The minimum atomic E-state index is -0.527. The molecule has 2 aromatic rings. The second-order valence-corrected chi connectivity index (χ2v) is 5.41.